The lowest BCUT2D eigenvalue weighted by Crippen LogP contribution is -2.29. The predicted molar refractivity (Wildman–Crippen MR) is 94.3 cm³/mol. The van der Waals surface area contributed by atoms with Gasteiger partial charge in [0.1, 0.15) is 4.32 Å². The van der Waals surface area contributed by atoms with E-state index >= 15 is 0 Å². The first kappa shape index (κ1) is 18.7. The molecule has 1 aliphatic rings. The molecule has 0 atom stereocenters. The number of ketones is 1. The highest BCUT2D eigenvalue weighted by Crippen LogP contribution is 2.31. The molecular formula is C15H12N2O6S2. The molecule has 130 valence electrons. The van der Waals surface area contributed by atoms with Crippen molar-refractivity contribution in [3.63, 3.8) is 0 Å². The van der Waals surface area contributed by atoms with Gasteiger partial charge in [0.2, 0.25) is 0 Å². The van der Waals surface area contributed by atoms with Crippen LogP contribution in [-0.4, -0.2) is 43.5 Å². The third-order valence-electron chi connectivity index (χ3n) is 3.27. The van der Waals surface area contributed by atoms with Crippen LogP contribution in [0.15, 0.2) is 35.2 Å². The standard InChI is InChI=1S/C15H12N2O6S2/c18-11(9-3-5-10(6-4-9)17(22)23)8-12-14(21)16(15(24)25-12)7-1-2-13(19)20/h3-6,8H,1-2,7H2,(H,19,20)/b12-8-. The lowest BCUT2D eigenvalue weighted by atomic mass is 10.1. The molecule has 2 rings (SSSR count). The van der Waals surface area contributed by atoms with Gasteiger partial charge in [0, 0.05) is 36.7 Å². The largest absolute Gasteiger partial charge is 0.481 e. The maximum absolute atomic E-state index is 12.3. The van der Waals surface area contributed by atoms with Crippen LogP contribution in [-0.2, 0) is 9.59 Å². The van der Waals surface area contributed by atoms with Crippen LogP contribution in [0.25, 0.3) is 0 Å². The zero-order valence-electron chi connectivity index (χ0n) is 12.7. The summed E-state index contributed by atoms with van der Waals surface area (Å²) in [5.41, 5.74) is 0.0723. The van der Waals surface area contributed by atoms with Crippen molar-refractivity contribution in [2.45, 2.75) is 12.8 Å². The number of amides is 1. The van der Waals surface area contributed by atoms with Crippen LogP contribution in [0.3, 0.4) is 0 Å². The number of non-ortho nitro benzene ring substituents is 1. The molecule has 1 aromatic rings. The van der Waals surface area contributed by atoms with Gasteiger partial charge >= 0.3 is 5.97 Å². The number of hydrogen-bond acceptors (Lipinski definition) is 7. The Labute approximate surface area is 151 Å². The van der Waals surface area contributed by atoms with Gasteiger partial charge in [-0.1, -0.05) is 24.0 Å². The smallest absolute Gasteiger partial charge is 0.303 e. The quantitative estimate of drug-likeness (QED) is 0.252. The van der Waals surface area contributed by atoms with E-state index in [0.29, 0.717) is 0 Å². The van der Waals surface area contributed by atoms with Crippen LogP contribution < -0.4 is 0 Å². The molecule has 0 radical (unpaired) electrons. The number of thioether (sulfide) groups is 1. The average molecular weight is 380 g/mol. The number of allylic oxidation sites excluding steroid dienone is 1. The van der Waals surface area contributed by atoms with Crippen molar-refractivity contribution in [1.82, 2.24) is 4.90 Å². The molecule has 1 fully saturated rings. The predicted octanol–water partition coefficient (Wildman–Crippen LogP) is 2.39. The summed E-state index contributed by atoms with van der Waals surface area (Å²) in [5.74, 6) is -1.88. The van der Waals surface area contributed by atoms with E-state index in [1.807, 2.05) is 0 Å². The lowest BCUT2D eigenvalue weighted by Gasteiger charge is -2.13. The van der Waals surface area contributed by atoms with Gasteiger partial charge in [-0.2, -0.15) is 0 Å². The number of nitrogens with zero attached hydrogens (tertiary/aromatic N) is 2. The van der Waals surface area contributed by atoms with Crippen molar-refractivity contribution in [1.29, 1.82) is 0 Å². The Morgan fingerprint density at radius 3 is 2.52 bits per heavy atom. The minimum Gasteiger partial charge on any atom is -0.481 e. The Kier molecular flexibility index (Phi) is 5.99. The first-order valence-corrected chi connectivity index (χ1v) is 8.28. The highest BCUT2D eigenvalue weighted by molar-refractivity contribution is 8.26. The van der Waals surface area contributed by atoms with Gasteiger partial charge in [-0.15, -0.1) is 0 Å². The van der Waals surface area contributed by atoms with Crippen LogP contribution in [0.2, 0.25) is 0 Å². The summed E-state index contributed by atoms with van der Waals surface area (Å²) in [4.78, 5) is 46.4. The van der Waals surface area contributed by atoms with Crippen molar-refractivity contribution >= 4 is 51.6 Å². The number of carboxylic acids is 1. The monoisotopic (exact) mass is 380 g/mol. The fourth-order valence-corrected chi connectivity index (χ4v) is 3.31. The second-order valence-electron chi connectivity index (χ2n) is 5.00. The Morgan fingerprint density at radius 1 is 1.32 bits per heavy atom. The van der Waals surface area contributed by atoms with Crippen LogP contribution in [0.4, 0.5) is 5.69 Å². The Hall–Kier alpha value is -2.59. The molecule has 1 heterocycles. The minimum atomic E-state index is -0.964. The molecule has 1 aromatic carbocycles. The fraction of sp³-hybridized carbons (Fsp3) is 0.200. The second-order valence-corrected chi connectivity index (χ2v) is 6.67. The molecule has 0 unspecified atom stereocenters. The van der Waals surface area contributed by atoms with E-state index in [9.17, 15) is 24.5 Å². The SMILES string of the molecule is O=C(O)CCCN1C(=O)/C(=C/C(=O)c2ccc([N+](=O)[O-])cc2)SC1=S. The van der Waals surface area contributed by atoms with E-state index in [2.05, 4.69) is 0 Å². The molecule has 8 nitrogen and oxygen atoms in total. The second kappa shape index (κ2) is 7.99. The van der Waals surface area contributed by atoms with E-state index in [1.165, 1.54) is 29.2 Å². The third kappa shape index (κ3) is 4.70. The summed E-state index contributed by atoms with van der Waals surface area (Å²) in [5, 5.41) is 19.2. The number of hydrogen-bond donors (Lipinski definition) is 1. The molecule has 1 saturated heterocycles. The number of thiocarbonyl (C=S) groups is 1. The van der Waals surface area contributed by atoms with Crippen LogP contribution in [0.5, 0.6) is 0 Å². The normalized spacial score (nSPS) is 15.7. The molecule has 0 spiro atoms. The minimum absolute atomic E-state index is 0.0855. The van der Waals surface area contributed by atoms with Crippen molar-refractivity contribution in [3.05, 3.63) is 50.9 Å². The summed E-state index contributed by atoms with van der Waals surface area (Å²) in [6, 6.07) is 5.03. The zero-order chi connectivity index (χ0) is 18.6. The van der Waals surface area contributed by atoms with Crippen LogP contribution in [0.1, 0.15) is 23.2 Å². The summed E-state index contributed by atoms with van der Waals surface area (Å²) < 4.78 is 0.262. The van der Waals surface area contributed by atoms with Crippen molar-refractivity contribution in [2.24, 2.45) is 0 Å². The van der Waals surface area contributed by atoms with Crippen molar-refractivity contribution < 1.29 is 24.4 Å². The summed E-state index contributed by atoms with van der Waals surface area (Å²) in [6.45, 7) is 0.167. The lowest BCUT2D eigenvalue weighted by molar-refractivity contribution is -0.384. The van der Waals surface area contributed by atoms with E-state index in [1.54, 1.807) is 0 Å². The molecule has 1 aliphatic heterocycles. The average Bonchev–Trinajstić information content (AvgIpc) is 2.82. The van der Waals surface area contributed by atoms with E-state index in [0.717, 1.165) is 17.8 Å². The molecule has 0 bridgehead atoms. The van der Waals surface area contributed by atoms with Crippen LogP contribution in [0, 0.1) is 10.1 Å². The molecular weight excluding hydrogens is 368 g/mol. The maximum Gasteiger partial charge on any atom is 0.303 e. The number of rotatable bonds is 7. The van der Waals surface area contributed by atoms with Gasteiger partial charge in [0.15, 0.2) is 5.78 Å². The maximum atomic E-state index is 12.3. The summed E-state index contributed by atoms with van der Waals surface area (Å²) in [6.07, 6.45) is 1.31. The molecule has 0 aliphatic carbocycles. The number of carboxylic acid groups (broad SMARTS) is 1. The highest BCUT2D eigenvalue weighted by Gasteiger charge is 2.32. The van der Waals surface area contributed by atoms with E-state index < -0.39 is 22.6 Å². The topological polar surface area (TPSA) is 118 Å². The van der Waals surface area contributed by atoms with Gasteiger partial charge in [-0.3, -0.25) is 29.4 Å². The number of benzene rings is 1. The van der Waals surface area contributed by atoms with Gasteiger partial charge in [0.25, 0.3) is 11.6 Å². The molecule has 0 saturated carbocycles. The first-order chi connectivity index (χ1) is 11.8. The summed E-state index contributed by atoms with van der Waals surface area (Å²) >= 11 is 6.05. The third-order valence-corrected chi connectivity index (χ3v) is 4.65. The van der Waals surface area contributed by atoms with Crippen molar-refractivity contribution in [2.75, 3.05) is 6.54 Å². The van der Waals surface area contributed by atoms with Gasteiger partial charge in [-0.25, -0.2) is 0 Å². The zero-order valence-corrected chi connectivity index (χ0v) is 14.3. The summed E-state index contributed by atoms with van der Waals surface area (Å²) in [7, 11) is 0. The number of carbonyl (C=O) groups is 3. The molecule has 0 aromatic heterocycles. The Balaban J connectivity index is 2.08. The number of aliphatic carboxylic acids is 1. The number of nitro benzene ring substituents is 1. The van der Waals surface area contributed by atoms with Gasteiger partial charge in [0.05, 0.1) is 9.83 Å². The molecule has 1 amide bonds. The Bertz CT molecular complexity index is 788. The molecule has 10 heteroatoms. The van der Waals surface area contributed by atoms with Gasteiger partial charge < -0.3 is 5.11 Å². The van der Waals surface area contributed by atoms with Crippen LogP contribution >= 0.6 is 24.0 Å². The number of nitro groups is 1. The molecule has 1 N–H and O–H groups in total. The van der Waals surface area contributed by atoms with E-state index in [-0.39, 0.29) is 39.9 Å². The number of carbonyl (C=O) groups excluding carboxylic acids is 2. The van der Waals surface area contributed by atoms with Gasteiger partial charge in [-0.05, 0) is 18.6 Å². The highest BCUT2D eigenvalue weighted by atomic mass is 32.2. The molecule has 25 heavy (non-hydrogen) atoms. The Morgan fingerprint density at radius 2 is 1.96 bits per heavy atom. The van der Waals surface area contributed by atoms with E-state index in [4.69, 9.17) is 17.3 Å². The van der Waals surface area contributed by atoms with Crippen molar-refractivity contribution in [3.8, 4) is 0 Å². The fourth-order valence-electron chi connectivity index (χ4n) is 2.03. The first-order valence-electron chi connectivity index (χ1n) is 7.05.